The molecule has 1 saturated heterocycles. The molecule has 0 unspecified atom stereocenters. The predicted molar refractivity (Wildman–Crippen MR) is 70.5 cm³/mol. The number of anilines is 2. The summed E-state index contributed by atoms with van der Waals surface area (Å²) in [5.74, 6) is 0.689. The Morgan fingerprint density at radius 1 is 1.44 bits per heavy atom. The minimum absolute atomic E-state index is 0.0296. The fraction of sp³-hybridized carbons (Fsp3) is 0.545. The van der Waals surface area contributed by atoms with E-state index in [-0.39, 0.29) is 11.9 Å². The molecule has 7 heteroatoms. The van der Waals surface area contributed by atoms with Gasteiger partial charge in [-0.2, -0.15) is 4.98 Å². The van der Waals surface area contributed by atoms with Crippen molar-refractivity contribution < 1.29 is 4.79 Å². The van der Waals surface area contributed by atoms with Crippen LogP contribution in [0.5, 0.6) is 0 Å². The Bertz CT molecular complexity index is 490. The molecule has 18 heavy (non-hydrogen) atoms. The average molecular weight is 270 g/mol. The number of hydrogen-bond donors (Lipinski definition) is 1. The molecule has 0 spiro atoms. The average Bonchev–Trinajstić information content (AvgIpc) is 2.30. The quantitative estimate of drug-likeness (QED) is 0.815. The van der Waals surface area contributed by atoms with Crippen LogP contribution in [0, 0.1) is 0 Å². The predicted octanol–water partition coefficient (Wildman–Crippen LogP) is 0.769. The number of aromatic nitrogens is 2. The molecule has 0 aliphatic carbocycles. The lowest BCUT2D eigenvalue weighted by Gasteiger charge is -2.45. The first-order valence-electron chi connectivity index (χ1n) is 5.65. The van der Waals surface area contributed by atoms with Crippen LogP contribution in [0.4, 0.5) is 11.8 Å². The van der Waals surface area contributed by atoms with E-state index in [1.165, 1.54) is 6.20 Å². The monoisotopic (exact) mass is 269 g/mol. The van der Waals surface area contributed by atoms with E-state index in [0.29, 0.717) is 23.9 Å². The van der Waals surface area contributed by atoms with E-state index in [4.69, 9.17) is 17.3 Å². The molecule has 2 rings (SSSR count). The second-order valence-corrected chi connectivity index (χ2v) is 5.24. The van der Waals surface area contributed by atoms with Crippen molar-refractivity contribution in [3.8, 4) is 0 Å². The largest absolute Gasteiger partial charge is 0.368 e. The van der Waals surface area contributed by atoms with E-state index in [0.717, 1.165) is 0 Å². The lowest BCUT2D eigenvalue weighted by Crippen LogP contribution is -2.62. The van der Waals surface area contributed by atoms with Gasteiger partial charge in [-0.05, 0) is 13.8 Å². The molecule has 1 fully saturated rings. The summed E-state index contributed by atoms with van der Waals surface area (Å²) in [7, 11) is 1.79. The first kappa shape index (κ1) is 12.9. The highest BCUT2D eigenvalue weighted by Crippen LogP contribution is 2.31. The van der Waals surface area contributed by atoms with E-state index in [9.17, 15) is 4.79 Å². The van der Waals surface area contributed by atoms with Gasteiger partial charge in [0.1, 0.15) is 10.6 Å². The minimum Gasteiger partial charge on any atom is -0.368 e. The number of nitrogen functional groups attached to an aromatic ring is 1. The molecular weight excluding hydrogens is 254 g/mol. The molecule has 1 aromatic rings. The molecule has 6 nitrogen and oxygen atoms in total. The van der Waals surface area contributed by atoms with Crippen LogP contribution in [-0.2, 0) is 4.79 Å². The maximum absolute atomic E-state index is 12.2. The highest BCUT2D eigenvalue weighted by Gasteiger charge is 2.41. The van der Waals surface area contributed by atoms with Crippen LogP contribution in [0.1, 0.15) is 13.8 Å². The molecule has 1 aromatic heterocycles. The number of likely N-dealkylation sites (N-methyl/N-ethyl adjacent to an activating group) is 1. The standard InChI is InChI=1S/C11H16ClN5O/c1-11(2)9(18)16(3)4-5-17(11)8-7(12)6-14-10(13)15-8/h6H,4-5H2,1-3H3,(H2,13,14,15). The van der Waals surface area contributed by atoms with Crippen LogP contribution < -0.4 is 10.6 Å². The van der Waals surface area contributed by atoms with Crippen LogP contribution in [0.25, 0.3) is 0 Å². The zero-order chi connectivity index (χ0) is 13.5. The van der Waals surface area contributed by atoms with Crippen LogP contribution >= 0.6 is 11.6 Å². The Morgan fingerprint density at radius 3 is 2.78 bits per heavy atom. The Kier molecular flexibility index (Phi) is 3.06. The van der Waals surface area contributed by atoms with Gasteiger partial charge in [-0.15, -0.1) is 0 Å². The van der Waals surface area contributed by atoms with E-state index < -0.39 is 5.54 Å². The van der Waals surface area contributed by atoms with Crippen LogP contribution in [-0.4, -0.2) is 46.5 Å². The molecule has 1 aliphatic heterocycles. The van der Waals surface area contributed by atoms with Gasteiger partial charge < -0.3 is 15.5 Å². The van der Waals surface area contributed by atoms with Gasteiger partial charge >= 0.3 is 0 Å². The van der Waals surface area contributed by atoms with E-state index in [2.05, 4.69) is 9.97 Å². The molecule has 1 amide bonds. The number of carbonyl (C=O) groups is 1. The summed E-state index contributed by atoms with van der Waals surface area (Å²) < 4.78 is 0. The highest BCUT2D eigenvalue weighted by atomic mass is 35.5. The Morgan fingerprint density at radius 2 is 2.11 bits per heavy atom. The molecule has 98 valence electrons. The van der Waals surface area contributed by atoms with Gasteiger partial charge in [0.15, 0.2) is 5.82 Å². The SMILES string of the molecule is CN1CCN(c2nc(N)ncc2Cl)C(C)(C)C1=O. The van der Waals surface area contributed by atoms with E-state index >= 15 is 0 Å². The van der Waals surface area contributed by atoms with Crippen molar-refractivity contribution in [2.75, 3.05) is 30.8 Å². The lowest BCUT2D eigenvalue weighted by atomic mass is 9.98. The van der Waals surface area contributed by atoms with Gasteiger partial charge in [-0.1, -0.05) is 11.6 Å². The third-order valence-corrected chi connectivity index (χ3v) is 3.47. The molecule has 2 heterocycles. The van der Waals surface area contributed by atoms with Gasteiger partial charge in [0.05, 0.1) is 6.20 Å². The van der Waals surface area contributed by atoms with Gasteiger partial charge in [-0.25, -0.2) is 4.98 Å². The van der Waals surface area contributed by atoms with Crippen molar-refractivity contribution in [3.05, 3.63) is 11.2 Å². The van der Waals surface area contributed by atoms with Crippen LogP contribution in [0.3, 0.4) is 0 Å². The first-order valence-corrected chi connectivity index (χ1v) is 6.03. The van der Waals surface area contributed by atoms with Gasteiger partial charge in [0.2, 0.25) is 11.9 Å². The van der Waals surface area contributed by atoms with Gasteiger partial charge in [0.25, 0.3) is 0 Å². The number of nitrogens with zero attached hydrogens (tertiary/aromatic N) is 4. The number of hydrogen-bond acceptors (Lipinski definition) is 5. The molecule has 1 aliphatic rings. The van der Waals surface area contributed by atoms with Gasteiger partial charge in [-0.3, -0.25) is 4.79 Å². The fourth-order valence-electron chi connectivity index (χ4n) is 2.14. The molecule has 0 saturated carbocycles. The van der Waals surface area contributed by atoms with Crippen molar-refractivity contribution >= 4 is 29.3 Å². The normalized spacial score (nSPS) is 19.2. The molecular formula is C11H16ClN5O. The number of halogens is 1. The summed E-state index contributed by atoms with van der Waals surface area (Å²) in [6, 6.07) is 0. The third kappa shape index (κ3) is 1.96. The first-order chi connectivity index (χ1) is 8.34. The maximum Gasteiger partial charge on any atom is 0.247 e. The fourth-order valence-corrected chi connectivity index (χ4v) is 2.34. The summed E-state index contributed by atoms with van der Waals surface area (Å²) in [5, 5.41) is 0.398. The second-order valence-electron chi connectivity index (χ2n) is 4.84. The summed E-state index contributed by atoms with van der Waals surface area (Å²) in [6.45, 7) is 4.98. The molecule has 0 radical (unpaired) electrons. The zero-order valence-corrected chi connectivity index (χ0v) is 11.4. The van der Waals surface area contributed by atoms with E-state index in [1.807, 2.05) is 18.7 Å². The Hall–Kier alpha value is -1.56. The summed E-state index contributed by atoms with van der Waals surface area (Å²) in [5.41, 5.74) is 4.88. The van der Waals surface area contributed by atoms with Crippen LogP contribution in [0.2, 0.25) is 5.02 Å². The molecule has 0 atom stereocenters. The summed E-state index contributed by atoms with van der Waals surface area (Å²) in [4.78, 5) is 23.7. The van der Waals surface area contributed by atoms with Crippen molar-refractivity contribution in [1.82, 2.24) is 14.9 Å². The number of piperazine rings is 1. The van der Waals surface area contributed by atoms with Crippen LogP contribution in [0.15, 0.2) is 6.20 Å². The number of amides is 1. The Labute approximate surface area is 111 Å². The number of rotatable bonds is 1. The number of carbonyl (C=O) groups excluding carboxylic acids is 1. The van der Waals surface area contributed by atoms with Gasteiger partial charge in [0, 0.05) is 20.1 Å². The topological polar surface area (TPSA) is 75.3 Å². The summed E-state index contributed by atoms with van der Waals surface area (Å²) >= 11 is 6.09. The smallest absolute Gasteiger partial charge is 0.247 e. The third-order valence-electron chi connectivity index (χ3n) is 3.20. The molecule has 0 bridgehead atoms. The molecule has 0 aromatic carbocycles. The van der Waals surface area contributed by atoms with Crippen molar-refractivity contribution in [3.63, 3.8) is 0 Å². The lowest BCUT2D eigenvalue weighted by molar-refractivity contribution is -0.136. The maximum atomic E-state index is 12.2. The second kappa shape index (κ2) is 4.28. The summed E-state index contributed by atoms with van der Waals surface area (Å²) in [6.07, 6.45) is 1.46. The number of nitrogens with two attached hydrogens (primary N) is 1. The van der Waals surface area contributed by atoms with E-state index in [1.54, 1.807) is 11.9 Å². The van der Waals surface area contributed by atoms with Crippen molar-refractivity contribution in [2.45, 2.75) is 19.4 Å². The Balaban J connectivity index is 2.44. The molecule has 2 N–H and O–H groups in total. The zero-order valence-electron chi connectivity index (χ0n) is 10.6. The minimum atomic E-state index is -0.697. The van der Waals surface area contributed by atoms with Crippen molar-refractivity contribution in [2.24, 2.45) is 0 Å². The highest BCUT2D eigenvalue weighted by molar-refractivity contribution is 6.33. The van der Waals surface area contributed by atoms with Crippen molar-refractivity contribution in [1.29, 1.82) is 0 Å².